The number of allylic oxidation sites excluding steroid dienone is 1. The molecule has 0 spiro atoms. The number of hydrogen-bond donors (Lipinski definition) is 2. The molecule has 2 rings (SSSR count). The van der Waals surface area contributed by atoms with Crippen molar-refractivity contribution in [1.82, 2.24) is 15.5 Å². The first-order valence-electron chi connectivity index (χ1n) is 9.52. The van der Waals surface area contributed by atoms with E-state index in [0.717, 1.165) is 25.9 Å². The SMILES string of the molecule is CC(C)CCN1CCNC(=O)C1CC(=O)NCCC1=CCCCC1. The molecule has 0 aromatic heterocycles. The summed E-state index contributed by atoms with van der Waals surface area (Å²) < 4.78 is 0. The predicted molar refractivity (Wildman–Crippen MR) is 96.6 cm³/mol. The van der Waals surface area contributed by atoms with Crippen LogP contribution in [0.5, 0.6) is 0 Å². The Morgan fingerprint density at radius 2 is 2.25 bits per heavy atom. The van der Waals surface area contributed by atoms with E-state index in [0.29, 0.717) is 19.0 Å². The summed E-state index contributed by atoms with van der Waals surface area (Å²) in [5.41, 5.74) is 1.47. The molecule has 136 valence electrons. The predicted octanol–water partition coefficient (Wildman–Crippen LogP) is 2.23. The van der Waals surface area contributed by atoms with Crippen molar-refractivity contribution in [1.29, 1.82) is 0 Å². The van der Waals surface area contributed by atoms with Gasteiger partial charge in [0.15, 0.2) is 0 Å². The van der Waals surface area contributed by atoms with E-state index in [1.54, 1.807) is 0 Å². The molecule has 1 fully saturated rings. The molecule has 1 aliphatic heterocycles. The molecule has 1 atom stereocenters. The minimum atomic E-state index is -0.314. The lowest BCUT2D eigenvalue weighted by molar-refractivity contribution is -0.134. The summed E-state index contributed by atoms with van der Waals surface area (Å²) in [6.07, 6.45) is 9.49. The van der Waals surface area contributed by atoms with E-state index in [1.807, 2.05) is 0 Å². The molecular formula is C19H33N3O2. The second-order valence-corrected chi connectivity index (χ2v) is 7.44. The summed E-state index contributed by atoms with van der Waals surface area (Å²) in [5.74, 6) is 0.589. The highest BCUT2D eigenvalue weighted by molar-refractivity contribution is 5.88. The lowest BCUT2D eigenvalue weighted by Crippen LogP contribution is -2.56. The van der Waals surface area contributed by atoms with E-state index in [9.17, 15) is 9.59 Å². The van der Waals surface area contributed by atoms with E-state index in [4.69, 9.17) is 0 Å². The van der Waals surface area contributed by atoms with Crippen LogP contribution in [0.1, 0.15) is 58.8 Å². The van der Waals surface area contributed by atoms with Gasteiger partial charge in [0.05, 0.1) is 12.5 Å². The Hall–Kier alpha value is -1.36. The molecule has 5 nitrogen and oxygen atoms in total. The first-order valence-corrected chi connectivity index (χ1v) is 9.52. The normalized spacial score (nSPS) is 22.2. The molecule has 0 aromatic rings. The molecule has 0 saturated carbocycles. The first kappa shape index (κ1) is 19.0. The fourth-order valence-corrected chi connectivity index (χ4v) is 3.42. The van der Waals surface area contributed by atoms with Crippen LogP contribution < -0.4 is 10.6 Å². The highest BCUT2D eigenvalue weighted by Crippen LogP contribution is 2.19. The summed E-state index contributed by atoms with van der Waals surface area (Å²) in [5, 5.41) is 5.89. The van der Waals surface area contributed by atoms with E-state index in [2.05, 4.69) is 35.5 Å². The van der Waals surface area contributed by atoms with Crippen molar-refractivity contribution in [3.8, 4) is 0 Å². The fraction of sp³-hybridized carbons (Fsp3) is 0.789. The topological polar surface area (TPSA) is 61.4 Å². The Balaban J connectivity index is 1.76. The van der Waals surface area contributed by atoms with Crippen LogP contribution in [0.3, 0.4) is 0 Å². The molecule has 1 aliphatic carbocycles. The van der Waals surface area contributed by atoms with Gasteiger partial charge in [-0.15, -0.1) is 0 Å². The third-order valence-electron chi connectivity index (χ3n) is 4.97. The summed E-state index contributed by atoms with van der Waals surface area (Å²) in [7, 11) is 0. The number of carbonyl (C=O) groups excluding carboxylic acids is 2. The average molecular weight is 335 g/mol. The highest BCUT2D eigenvalue weighted by atomic mass is 16.2. The smallest absolute Gasteiger partial charge is 0.237 e. The number of hydrogen-bond acceptors (Lipinski definition) is 3. The molecular weight excluding hydrogens is 302 g/mol. The van der Waals surface area contributed by atoms with Crippen LogP contribution in [0.4, 0.5) is 0 Å². The van der Waals surface area contributed by atoms with Crippen molar-refractivity contribution in [2.24, 2.45) is 5.92 Å². The number of piperazine rings is 1. The van der Waals surface area contributed by atoms with Gasteiger partial charge < -0.3 is 10.6 Å². The van der Waals surface area contributed by atoms with Gasteiger partial charge in [0, 0.05) is 19.6 Å². The van der Waals surface area contributed by atoms with Crippen molar-refractivity contribution in [2.75, 3.05) is 26.2 Å². The van der Waals surface area contributed by atoms with Crippen LogP contribution >= 0.6 is 0 Å². The number of nitrogens with zero attached hydrogens (tertiary/aromatic N) is 1. The van der Waals surface area contributed by atoms with Crippen LogP contribution in [0, 0.1) is 5.92 Å². The van der Waals surface area contributed by atoms with Gasteiger partial charge in [-0.2, -0.15) is 0 Å². The largest absolute Gasteiger partial charge is 0.356 e. The quantitative estimate of drug-likeness (QED) is 0.669. The lowest BCUT2D eigenvalue weighted by atomic mass is 9.97. The van der Waals surface area contributed by atoms with Gasteiger partial charge in [0.1, 0.15) is 0 Å². The standard InChI is InChI=1S/C19H33N3O2/c1-15(2)9-12-22-13-11-21-19(24)17(22)14-18(23)20-10-8-16-6-4-3-5-7-16/h6,15,17H,3-5,7-14H2,1-2H3,(H,20,23)(H,21,24). The van der Waals surface area contributed by atoms with E-state index in [-0.39, 0.29) is 24.3 Å². The van der Waals surface area contributed by atoms with Gasteiger partial charge in [-0.05, 0) is 51.0 Å². The van der Waals surface area contributed by atoms with Gasteiger partial charge >= 0.3 is 0 Å². The second kappa shape index (κ2) is 9.82. The van der Waals surface area contributed by atoms with Gasteiger partial charge in [-0.25, -0.2) is 0 Å². The molecule has 1 saturated heterocycles. The minimum Gasteiger partial charge on any atom is -0.356 e. The Labute approximate surface area is 146 Å². The van der Waals surface area contributed by atoms with Gasteiger partial charge in [-0.3, -0.25) is 14.5 Å². The Kier molecular flexibility index (Phi) is 7.76. The van der Waals surface area contributed by atoms with Gasteiger partial charge in [0.25, 0.3) is 0 Å². The third kappa shape index (κ3) is 6.27. The van der Waals surface area contributed by atoms with Crippen LogP contribution in [0.2, 0.25) is 0 Å². The van der Waals surface area contributed by atoms with Gasteiger partial charge in [-0.1, -0.05) is 25.5 Å². The first-order chi connectivity index (χ1) is 11.6. The zero-order chi connectivity index (χ0) is 17.4. The van der Waals surface area contributed by atoms with Crippen LogP contribution in [-0.2, 0) is 9.59 Å². The van der Waals surface area contributed by atoms with Crippen LogP contribution in [0.25, 0.3) is 0 Å². The summed E-state index contributed by atoms with van der Waals surface area (Å²) in [4.78, 5) is 26.6. The number of amides is 2. The maximum Gasteiger partial charge on any atom is 0.237 e. The van der Waals surface area contributed by atoms with Crippen molar-refractivity contribution < 1.29 is 9.59 Å². The van der Waals surface area contributed by atoms with Gasteiger partial charge in [0.2, 0.25) is 11.8 Å². The highest BCUT2D eigenvalue weighted by Gasteiger charge is 2.31. The maximum atomic E-state index is 12.2. The molecule has 24 heavy (non-hydrogen) atoms. The molecule has 2 aliphatic rings. The number of carbonyl (C=O) groups is 2. The summed E-state index contributed by atoms with van der Waals surface area (Å²) >= 11 is 0. The van der Waals surface area contributed by atoms with Crippen LogP contribution in [0.15, 0.2) is 11.6 Å². The van der Waals surface area contributed by atoms with Crippen molar-refractivity contribution in [2.45, 2.75) is 64.8 Å². The maximum absolute atomic E-state index is 12.2. The number of rotatable bonds is 8. The third-order valence-corrected chi connectivity index (χ3v) is 4.97. The number of nitrogens with one attached hydrogen (secondary N) is 2. The van der Waals surface area contributed by atoms with Crippen molar-refractivity contribution in [3.63, 3.8) is 0 Å². The van der Waals surface area contributed by atoms with E-state index < -0.39 is 0 Å². The second-order valence-electron chi connectivity index (χ2n) is 7.44. The average Bonchev–Trinajstić information content (AvgIpc) is 2.56. The summed E-state index contributed by atoms with van der Waals surface area (Å²) in [6, 6.07) is -0.314. The Morgan fingerprint density at radius 3 is 2.96 bits per heavy atom. The Morgan fingerprint density at radius 1 is 1.42 bits per heavy atom. The fourth-order valence-electron chi connectivity index (χ4n) is 3.42. The molecule has 1 unspecified atom stereocenters. The lowest BCUT2D eigenvalue weighted by Gasteiger charge is -2.35. The van der Waals surface area contributed by atoms with E-state index >= 15 is 0 Å². The molecule has 0 radical (unpaired) electrons. The molecule has 1 heterocycles. The van der Waals surface area contributed by atoms with Crippen molar-refractivity contribution >= 4 is 11.8 Å². The molecule has 2 amide bonds. The molecule has 5 heteroatoms. The molecule has 0 aromatic carbocycles. The zero-order valence-corrected chi connectivity index (χ0v) is 15.3. The van der Waals surface area contributed by atoms with E-state index in [1.165, 1.54) is 31.3 Å². The zero-order valence-electron chi connectivity index (χ0n) is 15.3. The van der Waals surface area contributed by atoms with Crippen molar-refractivity contribution in [3.05, 3.63) is 11.6 Å². The Bertz CT molecular complexity index is 460. The summed E-state index contributed by atoms with van der Waals surface area (Å²) in [6.45, 7) is 7.46. The molecule has 0 bridgehead atoms. The van der Waals surface area contributed by atoms with Crippen LogP contribution in [-0.4, -0.2) is 48.9 Å². The molecule has 2 N–H and O–H groups in total. The monoisotopic (exact) mass is 335 g/mol. The minimum absolute atomic E-state index is 0.00450.